The quantitative estimate of drug-likeness (QED) is 0.720. The number of hydrogen-bond donors (Lipinski definition) is 1. The standard InChI is InChI=1S/C18H20BrClN2O3/c1-22(10-12-6-4-5-7-13(12)19)11-18(23)21-15-9-16(24-2)14(20)8-17(15)25-3/h4-9H,10-11H2,1-3H3,(H,21,23). The maximum atomic E-state index is 12.4. The first kappa shape index (κ1) is 19.6. The van der Waals surface area contributed by atoms with Gasteiger partial charge in [-0.05, 0) is 18.7 Å². The Kier molecular flexibility index (Phi) is 7.11. The summed E-state index contributed by atoms with van der Waals surface area (Å²) in [5.74, 6) is 0.796. The number of benzene rings is 2. The second kappa shape index (κ2) is 9.08. The fraction of sp³-hybridized carbons (Fsp3) is 0.278. The number of anilines is 1. The smallest absolute Gasteiger partial charge is 0.238 e. The molecule has 0 aliphatic rings. The van der Waals surface area contributed by atoms with Crippen LogP contribution in [0.25, 0.3) is 0 Å². The van der Waals surface area contributed by atoms with Crippen LogP contribution in [0.3, 0.4) is 0 Å². The van der Waals surface area contributed by atoms with Gasteiger partial charge in [0, 0.05) is 23.2 Å². The first-order valence-electron chi connectivity index (χ1n) is 7.58. The van der Waals surface area contributed by atoms with Crippen LogP contribution in [0.5, 0.6) is 11.5 Å². The van der Waals surface area contributed by atoms with E-state index in [4.69, 9.17) is 21.1 Å². The molecule has 0 bridgehead atoms. The van der Waals surface area contributed by atoms with Crippen molar-refractivity contribution in [3.05, 3.63) is 51.5 Å². The molecule has 0 saturated heterocycles. The first-order chi connectivity index (χ1) is 11.9. The Hall–Kier alpha value is -1.76. The van der Waals surface area contributed by atoms with Crippen molar-refractivity contribution in [2.45, 2.75) is 6.54 Å². The van der Waals surface area contributed by atoms with Gasteiger partial charge in [-0.25, -0.2) is 0 Å². The highest BCUT2D eigenvalue weighted by atomic mass is 79.9. The largest absolute Gasteiger partial charge is 0.495 e. The molecule has 25 heavy (non-hydrogen) atoms. The fourth-order valence-corrected chi connectivity index (χ4v) is 3.01. The summed E-state index contributed by atoms with van der Waals surface area (Å²) in [5, 5.41) is 3.26. The van der Waals surface area contributed by atoms with Crippen molar-refractivity contribution in [1.29, 1.82) is 0 Å². The van der Waals surface area contributed by atoms with E-state index in [1.165, 1.54) is 14.2 Å². The lowest BCUT2D eigenvalue weighted by Crippen LogP contribution is -2.30. The molecule has 0 aliphatic heterocycles. The van der Waals surface area contributed by atoms with E-state index in [1.807, 2.05) is 36.2 Å². The molecule has 0 unspecified atom stereocenters. The van der Waals surface area contributed by atoms with Gasteiger partial charge in [-0.2, -0.15) is 0 Å². The van der Waals surface area contributed by atoms with E-state index in [0.29, 0.717) is 28.8 Å². The molecule has 1 N–H and O–H groups in total. The molecular weight excluding hydrogens is 408 g/mol. The lowest BCUT2D eigenvalue weighted by atomic mass is 10.2. The minimum atomic E-state index is -0.155. The predicted molar refractivity (Wildman–Crippen MR) is 104 cm³/mol. The maximum Gasteiger partial charge on any atom is 0.238 e. The molecule has 0 aliphatic carbocycles. The monoisotopic (exact) mass is 426 g/mol. The number of methoxy groups -OCH3 is 2. The third-order valence-electron chi connectivity index (χ3n) is 3.56. The van der Waals surface area contributed by atoms with Crippen molar-refractivity contribution in [3.8, 4) is 11.5 Å². The van der Waals surface area contributed by atoms with Crippen LogP contribution in [0.15, 0.2) is 40.9 Å². The Balaban J connectivity index is 2.03. The van der Waals surface area contributed by atoms with E-state index in [0.717, 1.165) is 10.0 Å². The van der Waals surface area contributed by atoms with Crippen LogP contribution in [0.1, 0.15) is 5.56 Å². The zero-order chi connectivity index (χ0) is 18.4. The Morgan fingerprint density at radius 3 is 2.52 bits per heavy atom. The number of carbonyl (C=O) groups is 1. The van der Waals surface area contributed by atoms with E-state index >= 15 is 0 Å². The number of halogens is 2. The Bertz CT molecular complexity index is 755. The van der Waals surface area contributed by atoms with Gasteiger partial charge >= 0.3 is 0 Å². The van der Waals surface area contributed by atoms with Gasteiger partial charge in [0.15, 0.2) is 0 Å². The minimum absolute atomic E-state index is 0.155. The molecule has 2 aromatic carbocycles. The number of likely N-dealkylation sites (N-methyl/N-ethyl adjacent to an activating group) is 1. The first-order valence-corrected chi connectivity index (χ1v) is 8.75. The molecule has 2 aromatic rings. The molecule has 0 atom stereocenters. The van der Waals surface area contributed by atoms with Crippen molar-refractivity contribution in [3.63, 3.8) is 0 Å². The summed E-state index contributed by atoms with van der Waals surface area (Å²) in [7, 11) is 4.93. The van der Waals surface area contributed by atoms with Crippen LogP contribution in [0, 0.1) is 0 Å². The third kappa shape index (κ3) is 5.36. The van der Waals surface area contributed by atoms with Crippen molar-refractivity contribution >= 4 is 39.1 Å². The highest BCUT2D eigenvalue weighted by Crippen LogP contribution is 2.35. The van der Waals surface area contributed by atoms with Crippen molar-refractivity contribution in [2.75, 3.05) is 33.1 Å². The number of hydrogen-bond acceptors (Lipinski definition) is 4. The van der Waals surface area contributed by atoms with E-state index in [2.05, 4.69) is 21.2 Å². The van der Waals surface area contributed by atoms with Gasteiger partial charge in [-0.3, -0.25) is 9.69 Å². The molecule has 0 saturated carbocycles. The Labute approximate surface area is 161 Å². The van der Waals surface area contributed by atoms with Gasteiger partial charge in [0.1, 0.15) is 11.5 Å². The number of carbonyl (C=O) groups excluding carboxylic acids is 1. The second-order valence-corrected chi connectivity index (χ2v) is 6.76. The highest BCUT2D eigenvalue weighted by Gasteiger charge is 2.14. The van der Waals surface area contributed by atoms with E-state index in [-0.39, 0.29) is 12.5 Å². The van der Waals surface area contributed by atoms with Gasteiger partial charge in [-0.1, -0.05) is 45.7 Å². The summed E-state index contributed by atoms with van der Waals surface area (Å²) in [6.45, 7) is 0.880. The van der Waals surface area contributed by atoms with Crippen molar-refractivity contribution in [1.82, 2.24) is 4.90 Å². The SMILES string of the molecule is COc1cc(NC(=O)CN(C)Cc2ccccc2Br)c(OC)cc1Cl. The molecule has 0 aromatic heterocycles. The summed E-state index contributed by atoms with van der Waals surface area (Å²) in [4.78, 5) is 14.3. The molecule has 0 fully saturated rings. The molecule has 0 heterocycles. The third-order valence-corrected chi connectivity index (χ3v) is 4.63. The molecule has 5 nitrogen and oxygen atoms in total. The number of nitrogens with zero attached hydrogens (tertiary/aromatic N) is 1. The Morgan fingerprint density at radius 1 is 1.20 bits per heavy atom. The second-order valence-electron chi connectivity index (χ2n) is 5.50. The lowest BCUT2D eigenvalue weighted by molar-refractivity contribution is -0.117. The summed E-state index contributed by atoms with van der Waals surface area (Å²) < 4.78 is 11.5. The van der Waals surface area contributed by atoms with Gasteiger partial charge < -0.3 is 14.8 Å². The van der Waals surface area contributed by atoms with Crippen LogP contribution in [-0.2, 0) is 11.3 Å². The Morgan fingerprint density at radius 2 is 1.88 bits per heavy atom. The minimum Gasteiger partial charge on any atom is -0.495 e. The van der Waals surface area contributed by atoms with Gasteiger partial charge in [-0.15, -0.1) is 0 Å². The normalized spacial score (nSPS) is 10.6. The van der Waals surface area contributed by atoms with Gasteiger partial charge in [0.05, 0.1) is 31.5 Å². The average Bonchev–Trinajstić information content (AvgIpc) is 2.57. The van der Waals surface area contributed by atoms with Gasteiger partial charge in [0.2, 0.25) is 5.91 Å². The molecule has 0 spiro atoms. The molecule has 7 heteroatoms. The number of ether oxygens (including phenoxy) is 2. The van der Waals surface area contributed by atoms with Crippen LogP contribution < -0.4 is 14.8 Å². The molecule has 0 radical (unpaired) electrons. The van der Waals surface area contributed by atoms with Crippen LogP contribution >= 0.6 is 27.5 Å². The topological polar surface area (TPSA) is 50.8 Å². The summed E-state index contributed by atoms with van der Waals surface area (Å²) >= 11 is 9.59. The maximum absolute atomic E-state index is 12.4. The molecule has 2 rings (SSSR count). The molecule has 1 amide bonds. The van der Waals surface area contributed by atoms with Crippen LogP contribution in [0.2, 0.25) is 5.02 Å². The lowest BCUT2D eigenvalue weighted by Gasteiger charge is -2.18. The highest BCUT2D eigenvalue weighted by molar-refractivity contribution is 9.10. The van der Waals surface area contributed by atoms with E-state index in [9.17, 15) is 4.79 Å². The predicted octanol–water partition coefficient (Wildman–Crippen LogP) is 4.19. The summed E-state index contributed by atoms with van der Waals surface area (Å²) in [5.41, 5.74) is 1.63. The van der Waals surface area contributed by atoms with Crippen molar-refractivity contribution < 1.29 is 14.3 Å². The average molecular weight is 428 g/mol. The number of rotatable bonds is 7. The van der Waals surface area contributed by atoms with Crippen LogP contribution in [-0.4, -0.2) is 38.6 Å². The zero-order valence-electron chi connectivity index (χ0n) is 14.3. The summed E-state index contributed by atoms with van der Waals surface area (Å²) in [6.07, 6.45) is 0. The van der Waals surface area contributed by atoms with E-state index < -0.39 is 0 Å². The van der Waals surface area contributed by atoms with Crippen LogP contribution in [0.4, 0.5) is 5.69 Å². The number of amides is 1. The molecular formula is C18H20BrClN2O3. The van der Waals surface area contributed by atoms with E-state index in [1.54, 1.807) is 12.1 Å². The zero-order valence-corrected chi connectivity index (χ0v) is 16.6. The molecule has 134 valence electrons. The summed E-state index contributed by atoms with van der Waals surface area (Å²) in [6, 6.07) is 11.2. The van der Waals surface area contributed by atoms with Crippen molar-refractivity contribution in [2.24, 2.45) is 0 Å². The fourth-order valence-electron chi connectivity index (χ4n) is 2.37. The van der Waals surface area contributed by atoms with Gasteiger partial charge in [0.25, 0.3) is 0 Å². The number of nitrogens with one attached hydrogen (secondary N) is 1.